The number of aromatic nitrogens is 3. The first-order valence-electron chi connectivity index (χ1n) is 13.4. The van der Waals surface area contributed by atoms with Crippen LogP contribution in [0.15, 0.2) is 70.3 Å². The Kier molecular flexibility index (Phi) is 5.98. The summed E-state index contributed by atoms with van der Waals surface area (Å²) < 4.78 is 16.8. The monoisotopic (exact) mass is 564 g/mol. The maximum absolute atomic E-state index is 14.6. The van der Waals surface area contributed by atoms with E-state index in [0.717, 1.165) is 42.1 Å². The highest BCUT2D eigenvalue weighted by atomic mass is 19.1. The Hall–Kier alpha value is -5.02. The van der Waals surface area contributed by atoms with Crippen LogP contribution in [0.5, 0.6) is 0 Å². The van der Waals surface area contributed by atoms with Crippen molar-refractivity contribution in [3.8, 4) is 16.8 Å². The van der Waals surface area contributed by atoms with Gasteiger partial charge in [0.1, 0.15) is 5.82 Å². The average molecular weight is 565 g/mol. The van der Waals surface area contributed by atoms with E-state index in [9.17, 15) is 23.9 Å². The number of H-pyrrole nitrogens is 1. The van der Waals surface area contributed by atoms with Gasteiger partial charge in [0.15, 0.2) is 0 Å². The molecule has 0 fully saturated rings. The molecule has 8 nitrogen and oxygen atoms in total. The summed E-state index contributed by atoms with van der Waals surface area (Å²) in [5, 5.41) is 12.4. The molecule has 4 aromatic carbocycles. The Morgan fingerprint density at radius 3 is 2.38 bits per heavy atom. The normalized spacial score (nSPS) is 12.1. The van der Waals surface area contributed by atoms with E-state index in [-0.39, 0.29) is 10.9 Å². The molecule has 2 heterocycles. The number of hydrogen-bond acceptors (Lipinski definition) is 4. The van der Waals surface area contributed by atoms with Crippen LogP contribution >= 0.6 is 0 Å². The molecule has 2 aromatic heterocycles. The van der Waals surface area contributed by atoms with E-state index in [1.807, 2.05) is 38.1 Å². The number of rotatable bonds is 4. The van der Waals surface area contributed by atoms with E-state index >= 15 is 0 Å². The van der Waals surface area contributed by atoms with E-state index in [2.05, 4.69) is 4.98 Å². The van der Waals surface area contributed by atoms with Crippen molar-refractivity contribution in [3.63, 3.8) is 0 Å². The van der Waals surface area contributed by atoms with Gasteiger partial charge in [-0.25, -0.2) is 13.8 Å². The molecule has 6 aromatic rings. The Labute approximate surface area is 239 Å². The van der Waals surface area contributed by atoms with Crippen molar-refractivity contribution in [2.75, 3.05) is 0 Å². The molecule has 0 radical (unpaired) electrons. The van der Waals surface area contributed by atoms with Crippen molar-refractivity contribution in [1.82, 2.24) is 14.1 Å². The van der Waals surface area contributed by atoms with Crippen LogP contribution in [-0.2, 0) is 12.6 Å². The number of carbonyl (C=O) groups is 1. The highest BCUT2D eigenvalue weighted by Gasteiger charge is 2.24. The third kappa shape index (κ3) is 3.88. The van der Waals surface area contributed by atoms with E-state index in [1.54, 1.807) is 32.0 Å². The summed E-state index contributed by atoms with van der Waals surface area (Å²) in [5.74, 6) is -1.25. The molecular formula is C33H29FN4O4. The zero-order valence-electron chi connectivity index (χ0n) is 23.8. The van der Waals surface area contributed by atoms with Gasteiger partial charge in [0.25, 0.3) is 11.5 Å². The number of aryl methyl sites for hydroxylation is 2. The summed E-state index contributed by atoms with van der Waals surface area (Å²) in [5.41, 5.74) is 9.00. The molecule has 0 aliphatic carbocycles. The quantitative estimate of drug-likeness (QED) is 0.277. The predicted octanol–water partition coefficient (Wildman–Crippen LogP) is 5.07. The number of hydrogen-bond donors (Lipinski definition) is 3. The summed E-state index contributed by atoms with van der Waals surface area (Å²) in [6.07, 6.45) is 0. The van der Waals surface area contributed by atoms with Crippen molar-refractivity contribution in [1.29, 1.82) is 0 Å². The number of para-hydroxylation sites is 1. The number of aromatic amines is 1. The molecule has 0 spiro atoms. The maximum Gasteiger partial charge on any atom is 0.335 e. The van der Waals surface area contributed by atoms with Gasteiger partial charge in [-0.3, -0.25) is 14.2 Å². The molecule has 0 bridgehead atoms. The minimum Gasteiger partial charge on any atom is -0.386 e. The number of nitrogens with zero attached hydrogens (tertiary/aromatic N) is 2. The zero-order valence-corrected chi connectivity index (χ0v) is 23.8. The predicted molar refractivity (Wildman–Crippen MR) is 163 cm³/mol. The Bertz CT molecular complexity index is 2250. The first kappa shape index (κ1) is 27.2. The number of primary amides is 1. The number of aliphatic hydroxyl groups is 1. The second-order valence-corrected chi connectivity index (χ2v) is 11.2. The van der Waals surface area contributed by atoms with Gasteiger partial charge in [-0.2, -0.15) is 0 Å². The minimum atomic E-state index is -1.08. The van der Waals surface area contributed by atoms with Crippen LogP contribution < -0.4 is 17.0 Å². The number of amides is 1. The number of nitrogens with two attached hydrogens (primary N) is 1. The van der Waals surface area contributed by atoms with E-state index in [1.165, 1.54) is 25.2 Å². The molecule has 0 aliphatic rings. The maximum atomic E-state index is 14.6. The highest BCUT2D eigenvalue weighted by molar-refractivity contribution is 6.21. The third-order valence-electron chi connectivity index (χ3n) is 8.09. The van der Waals surface area contributed by atoms with E-state index in [4.69, 9.17) is 5.73 Å². The summed E-state index contributed by atoms with van der Waals surface area (Å²) in [4.78, 5) is 42.9. The van der Waals surface area contributed by atoms with Crippen LogP contribution in [0.4, 0.5) is 4.39 Å². The summed E-state index contributed by atoms with van der Waals surface area (Å²) in [6, 6.07) is 16.7. The second kappa shape index (κ2) is 9.25. The lowest BCUT2D eigenvalue weighted by molar-refractivity contribution is 0.0786. The van der Waals surface area contributed by atoms with E-state index < -0.39 is 28.6 Å². The summed E-state index contributed by atoms with van der Waals surface area (Å²) in [7, 11) is 1.44. The largest absolute Gasteiger partial charge is 0.386 e. The topological polar surface area (TPSA) is 123 Å². The average Bonchev–Trinajstić information content (AvgIpc) is 3.32. The van der Waals surface area contributed by atoms with Gasteiger partial charge in [0.2, 0.25) is 0 Å². The first-order valence-corrected chi connectivity index (χ1v) is 13.4. The molecule has 1 amide bonds. The number of benzene rings is 4. The van der Waals surface area contributed by atoms with Crippen LogP contribution in [0.1, 0.15) is 40.9 Å². The molecule has 0 saturated carbocycles. The van der Waals surface area contributed by atoms with Gasteiger partial charge in [0.05, 0.1) is 33.3 Å². The van der Waals surface area contributed by atoms with Gasteiger partial charge in [-0.1, -0.05) is 30.3 Å². The van der Waals surface area contributed by atoms with Crippen LogP contribution in [0.2, 0.25) is 0 Å². The number of nitrogens with one attached hydrogen (secondary N) is 1. The Morgan fingerprint density at radius 1 is 0.976 bits per heavy atom. The smallest absolute Gasteiger partial charge is 0.335 e. The van der Waals surface area contributed by atoms with Crippen LogP contribution in [0.3, 0.4) is 0 Å². The van der Waals surface area contributed by atoms with E-state index in [0.29, 0.717) is 27.9 Å². The standard InChI is InChI=1S/C33H29FN4O4/c1-16-14-18(33(3,4)42)15-24-26(16)27-20(12-13-21(30(35)39)28(27)36-24)19-8-7-11-25(17(19)2)38-31(40)22-9-6-10-23(34)29(22)37(5)32(38)41/h6-15,36,42H,1-5H3,(H2,35,39). The fourth-order valence-electron chi connectivity index (χ4n) is 5.98. The summed E-state index contributed by atoms with van der Waals surface area (Å²) >= 11 is 0. The highest BCUT2D eigenvalue weighted by Crippen LogP contribution is 2.41. The number of halogens is 1. The van der Waals surface area contributed by atoms with Gasteiger partial charge in [-0.15, -0.1) is 0 Å². The molecule has 0 saturated heterocycles. The molecule has 42 heavy (non-hydrogen) atoms. The molecule has 0 unspecified atom stereocenters. The fourth-order valence-corrected chi connectivity index (χ4v) is 5.98. The SMILES string of the molecule is Cc1c(-c2ccc(C(N)=O)c3[nH]c4cc(C(C)(C)O)cc(C)c4c23)cccc1-n1c(=O)c2cccc(F)c2n(C)c1=O. The molecule has 0 atom stereocenters. The van der Waals surface area contributed by atoms with Crippen LogP contribution in [0.25, 0.3) is 49.5 Å². The first-order chi connectivity index (χ1) is 19.8. The van der Waals surface area contributed by atoms with Gasteiger partial charge >= 0.3 is 5.69 Å². The molecule has 6 rings (SSSR count). The van der Waals surface area contributed by atoms with Crippen molar-refractivity contribution >= 4 is 38.6 Å². The van der Waals surface area contributed by atoms with Gasteiger partial charge < -0.3 is 15.8 Å². The lowest BCUT2D eigenvalue weighted by atomic mass is 9.90. The fraction of sp³-hybridized carbons (Fsp3) is 0.182. The molecule has 212 valence electrons. The molecular weight excluding hydrogens is 535 g/mol. The van der Waals surface area contributed by atoms with Crippen molar-refractivity contribution < 1.29 is 14.3 Å². The van der Waals surface area contributed by atoms with Crippen molar-refractivity contribution in [2.45, 2.75) is 33.3 Å². The second-order valence-electron chi connectivity index (χ2n) is 11.2. The third-order valence-corrected chi connectivity index (χ3v) is 8.09. The van der Waals surface area contributed by atoms with Gasteiger partial charge in [0, 0.05) is 23.3 Å². The summed E-state index contributed by atoms with van der Waals surface area (Å²) in [6.45, 7) is 7.16. The van der Waals surface area contributed by atoms with Crippen molar-refractivity contribution in [3.05, 3.63) is 110 Å². The molecule has 9 heteroatoms. The van der Waals surface area contributed by atoms with Gasteiger partial charge in [-0.05, 0) is 85.8 Å². The van der Waals surface area contributed by atoms with Crippen LogP contribution in [0, 0.1) is 19.7 Å². The van der Waals surface area contributed by atoms with Crippen molar-refractivity contribution in [2.24, 2.45) is 12.8 Å². The lowest BCUT2D eigenvalue weighted by Crippen LogP contribution is -2.38. The number of fused-ring (bicyclic) bond motifs is 4. The Morgan fingerprint density at radius 2 is 1.69 bits per heavy atom. The molecule has 0 aliphatic heterocycles. The van der Waals surface area contributed by atoms with Crippen LogP contribution in [-0.4, -0.2) is 25.1 Å². The minimum absolute atomic E-state index is 0.0546. The molecule has 4 N–H and O–H groups in total. The Balaban J connectivity index is 1.70. The lowest BCUT2D eigenvalue weighted by Gasteiger charge is -2.19. The number of carbonyl (C=O) groups excluding carboxylic acids is 1. The zero-order chi connectivity index (χ0) is 30.2.